The van der Waals surface area contributed by atoms with Crippen LogP contribution in [0.3, 0.4) is 0 Å². The lowest BCUT2D eigenvalue weighted by Crippen LogP contribution is -2.28. The molecule has 150 valence electrons. The summed E-state index contributed by atoms with van der Waals surface area (Å²) in [6.07, 6.45) is 4.61. The number of benzene rings is 1. The van der Waals surface area contributed by atoms with Gasteiger partial charge in [-0.25, -0.2) is 9.97 Å². The van der Waals surface area contributed by atoms with Crippen molar-refractivity contribution in [1.82, 2.24) is 29.9 Å². The van der Waals surface area contributed by atoms with Crippen molar-refractivity contribution >= 4 is 22.6 Å². The van der Waals surface area contributed by atoms with Crippen LogP contribution in [-0.4, -0.2) is 44.1 Å². The summed E-state index contributed by atoms with van der Waals surface area (Å²) in [5, 5.41) is 6.74. The first-order chi connectivity index (χ1) is 14.1. The Bertz CT molecular complexity index is 1240. The Labute approximate surface area is 166 Å². The van der Waals surface area contributed by atoms with Gasteiger partial charge in [0, 0.05) is 35.6 Å². The predicted molar refractivity (Wildman–Crippen MR) is 108 cm³/mol. The molecule has 0 radical (unpaired) electrons. The number of carbonyl (C=O) groups is 1. The summed E-state index contributed by atoms with van der Waals surface area (Å²) in [5.41, 5.74) is 3.05. The number of H-pyrrole nitrogens is 2. The molecule has 0 saturated heterocycles. The Hall–Kier alpha value is -3.62. The van der Waals surface area contributed by atoms with Crippen molar-refractivity contribution < 1.29 is 9.53 Å². The Morgan fingerprint density at radius 3 is 3.00 bits per heavy atom. The molecule has 3 N–H and O–H groups in total. The van der Waals surface area contributed by atoms with Crippen molar-refractivity contribution in [2.24, 2.45) is 0 Å². The maximum atomic E-state index is 12.5. The van der Waals surface area contributed by atoms with E-state index in [9.17, 15) is 9.59 Å². The van der Waals surface area contributed by atoms with Crippen LogP contribution in [0.4, 0.5) is 0 Å². The molecule has 9 heteroatoms. The number of nitrogens with zero attached hydrogens (tertiary/aromatic N) is 3. The zero-order chi connectivity index (χ0) is 20.4. The number of nitrogens with one attached hydrogen (secondary N) is 3. The maximum Gasteiger partial charge on any atom is 0.277 e. The molecule has 9 nitrogen and oxygen atoms in total. The average Bonchev–Trinajstić information content (AvgIpc) is 3.34. The van der Waals surface area contributed by atoms with Gasteiger partial charge in [-0.1, -0.05) is 0 Å². The molecular weight excluding hydrogens is 372 g/mol. The summed E-state index contributed by atoms with van der Waals surface area (Å²) in [5.74, 6) is 1.03. The van der Waals surface area contributed by atoms with E-state index < -0.39 is 0 Å². The van der Waals surface area contributed by atoms with Gasteiger partial charge < -0.3 is 15.0 Å². The van der Waals surface area contributed by atoms with Crippen molar-refractivity contribution in [2.45, 2.75) is 26.2 Å². The van der Waals surface area contributed by atoms with E-state index in [-0.39, 0.29) is 17.9 Å². The lowest BCUT2D eigenvalue weighted by Gasteiger charge is -2.07. The van der Waals surface area contributed by atoms with E-state index >= 15 is 0 Å². The van der Waals surface area contributed by atoms with E-state index in [2.05, 4.69) is 25.4 Å². The van der Waals surface area contributed by atoms with Crippen LogP contribution in [0.25, 0.3) is 16.7 Å². The van der Waals surface area contributed by atoms with E-state index in [4.69, 9.17) is 4.74 Å². The Morgan fingerprint density at radius 2 is 2.17 bits per heavy atom. The lowest BCUT2D eigenvalue weighted by atomic mass is 10.1. The highest BCUT2D eigenvalue weighted by atomic mass is 16.5. The van der Waals surface area contributed by atoms with Crippen LogP contribution in [0.1, 0.15) is 23.2 Å². The highest BCUT2D eigenvalue weighted by molar-refractivity contribution is 5.84. The SMILES string of the molecule is COc1ccc2[nH]cc(CCNC(=O)CCc3c(C)nc4nc[nH]n4c3=O)c2c1. The van der Waals surface area contributed by atoms with E-state index in [1.807, 2.05) is 24.4 Å². The zero-order valence-electron chi connectivity index (χ0n) is 16.3. The van der Waals surface area contributed by atoms with Gasteiger partial charge in [0.2, 0.25) is 5.91 Å². The monoisotopic (exact) mass is 394 g/mol. The summed E-state index contributed by atoms with van der Waals surface area (Å²) in [6.45, 7) is 2.27. The standard InChI is InChI=1S/C20H22N6O3/c1-12-15(19(28)26-20(25-12)23-11-24-26)4-6-18(27)21-8-7-13-10-22-17-5-3-14(29-2)9-16(13)17/h3,5,9-11,22H,4,6-8H2,1-2H3,(H,21,27)(H,23,24,25). The van der Waals surface area contributed by atoms with Gasteiger partial charge in [0.1, 0.15) is 12.1 Å². The Kier molecular flexibility index (Phi) is 5.03. The zero-order valence-corrected chi connectivity index (χ0v) is 16.3. The minimum Gasteiger partial charge on any atom is -0.497 e. The molecule has 0 fully saturated rings. The molecule has 0 saturated carbocycles. The molecule has 0 aliphatic rings. The molecule has 4 aromatic rings. The molecule has 0 aliphatic heterocycles. The minimum atomic E-state index is -0.217. The molecule has 3 heterocycles. The van der Waals surface area contributed by atoms with Crippen LogP contribution < -0.4 is 15.6 Å². The number of ether oxygens (including phenoxy) is 1. The first kappa shape index (κ1) is 18.7. The number of amides is 1. The molecule has 0 unspecified atom stereocenters. The van der Waals surface area contributed by atoms with Crippen molar-refractivity contribution in [1.29, 1.82) is 0 Å². The van der Waals surface area contributed by atoms with Gasteiger partial charge in [0.25, 0.3) is 11.3 Å². The molecule has 0 spiro atoms. The Balaban J connectivity index is 1.35. The first-order valence-corrected chi connectivity index (χ1v) is 9.39. The van der Waals surface area contributed by atoms with Crippen LogP contribution in [-0.2, 0) is 17.6 Å². The molecule has 0 atom stereocenters. The second-order valence-corrected chi connectivity index (χ2v) is 6.83. The van der Waals surface area contributed by atoms with Crippen LogP contribution in [0, 0.1) is 6.92 Å². The van der Waals surface area contributed by atoms with Crippen molar-refractivity contribution in [3.63, 3.8) is 0 Å². The van der Waals surface area contributed by atoms with Gasteiger partial charge in [0.05, 0.1) is 12.8 Å². The summed E-state index contributed by atoms with van der Waals surface area (Å²) in [6, 6.07) is 5.86. The quantitative estimate of drug-likeness (QED) is 0.439. The molecule has 1 amide bonds. The van der Waals surface area contributed by atoms with E-state index in [1.165, 1.54) is 10.8 Å². The number of hydrogen-bond acceptors (Lipinski definition) is 5. The third-order valence-corrected chi connectivity index (χ3v) is 5.03. The minimum absolute atomic E-state index is 0.101. The summed E-state index contributed by atoms with van der Waals surface area (Å²) >= 11 is 0. The van der Waals surface area contributed by atoms with Crippen LogP contribution in [0.5, 0.6) is 5.75 Å². The molecule has 0 aliphatic carbocycles. The van der Waals surface area contributed by atoms with E-state index in [1.54, 1.807) is 14.0 Å². The maximum absolute atomic E-state index is 12.5. The smallest absolute Gasteiger partial charge is 0.277 e. The number of rotatable bonds is 7. The van der Waals surface area contributed by atoms with Crippen molar-refractivity contribution in [3.05, 3.63) is 57.9 Å². The average molecular weight is 394 g/mol. The summed E-state index contributed by atoms with van der Waals surface area (Å²) < 4.78 is 6.57. The highest BCUT2D eigenvalue weighted by Gasteiger charge is 2.13. The predicted octanol–water partition coefficient (Wildman–Crippen LogP) is 1.51. The van der Waals surface area contributed by atoms with Gasteiger partial charge >= 0.3 is 0 Å². The number of carbonyl (C=O) groups excluding carboxylic acids is 1. The van der Waals surface area contributed by atoms with Gasteiger partial charge in [-0.2, -0.15) is 4.52 Å². The van der Waals surface area contributed by atoms with Crippen LogP contribution >= 0.6 is 0 Å². The van der Waals surface area contributed by atoms with Gasteiger partial charge in [-0.3, -0.25) is 14.7 Å². The summed E-state index contributed by atoms with van der Waals surface area (Å²) in [7, 11) is 1.64. The normalized spacial score (nSPS) is 11.2. The van der Waals surface area contributed by atoms with Crippen LogP contribution in [0.2, 0.25) is 0 Å². The molecule has 1 aromatic carbocycles. The van der Waals surface area contributed by atoms with Gasteiger partial charge in [-0.15, -0.1) is 0 Å². The highest BCUT2D eigenvalue weighted by Crippen LogP contribution is 2.23. The number of aryl methyl sites for hydroxylation is 1. The fourth-order valence-corrected chi connectivity index (χ4v) is 3.44. The fraction of sp³-hybridized carbons (Fsp3) is 0.300. The molecular formula is C20H22N6O3. The fourth-order valence-electron chi connectivity index (χ4n) is 3.44. The topological polar surface area (TPSA) is 117 Å². The number of aromatic amines is 2. The lowest BCUT2D eigenvalue weighted by molar-refractivity contribution is -0.121. The largest absolute Gasteiger partial charge is 0.497 e. The van der Waals surface area contributed by atoms with Crippen LogP contribution in [0.15, 0.2) is 35.5 Å². The Morgan fingerprint density at radius 1 is 1.31 bits per heavy atom. The molecule has 4 rings (SSSR count). The number of aromatic nitrogens is 5. The van der Waals surface area contributed by atoms with Crippen molar-refractivity contribution in [3.8, 4) is 5.75 Å². The number of hydrogen-bond donors (Lipinski definition) is 3. The van der Waals surface area contributed by atoms with Gasteiger partial charge in [0.15, 0.2) is 0 Å². The van der Waals surface area contributed by atoms with E-state index in [0.29, 0.717) is 36.4 Å². The molecule has 0 bridgehead atoms. The summed E-state index contributed by atoms with van der Waals surface area (Å²) in [4.78, 5) is 36.2. The second-order valence-electron chi connectivity index (χ2n) is 6.83. The third kappa shape index (κ3) is 3.71. The van der Waals surface area contributed by atoms with E-state index in [0.717, 1.165) is 22.2 Å². The number of methoxy groups -OCH3 is 1. The molecule has 3 aromatic heterocycles. The van der Waals surface area contributed by atoms with Crippen molar-refractivity contribution in [2.75, 3.05) is 13.7 Å². The van der Waals surface area contributed by atoms with Gasteiger partial charge in [-0.05, 0) is 43.5 Å². The first-order valence-electron chi connectivity index (χ1n) is 9.39. The third-order valence-electron chi connectivity index (χ3n) is 5.03. The molecule has 29 heavy (non-hydrogen) atoms. The second kappa shape index (κ2) is 7.78. The number of fused-ring (bicyclic) bond motifs is 2.